The molecule has 2 aliphatic heterocycles. The summed E-state index contributed by atoms with van der Waals surface area (Å²) >= 11 is 0. The van der Waals surface area contributed by atoms with Gasteiger partial charge < -0.3 is 5.32 Å². The van der Waals surface area contributed by atoms with Gasteiger partial charge in [0.2, 0.25) is 0 Å². The molecule has 1 aromatic heterocycles. The number of fused-ring (bicyclic) bond motifs is 1. The van der Waals surface area contributed by atoms with E-state index < -0.39 is 27.7 Å². The average molecular weight is 309 g/mol. The predicted molar refractivity (Wildman–Crippen MR) is 64.9 cm³/mol. The van der Waals surface area contributed by atoms with E-state index >= 15 is 0 Å². The van der Waals surface area contributed by atoms with Crippen LogP contribution < -0.4 is 5.32 Å². The lowest BCUT2D eigenvalue weighted by Crippen LogP contribution is -2.27. The smallest absolute Gasteiger partial charge is 0.312 e. The molecule has 0 amide bonds. The van der Waals surface area contributed by atoms with Crippen LogP contribution in [0.4, 0.5) is 13.2 Å². The molecule has 0 aromatic carbocycles. The summed E-state index contributed by atoms with van der Waals surface area (Å²) < 4.78 is 63.3. The highest BCUT2D eigenvalue weighted by atomic mass is 32.2. The van der Waals surface area contributed by atoms with Gasteiger partial charge in [-0.25, -0.2) is 8.42 Å². The maximum atomic E-state index is 13.0. The second kappa shape index (κ2) is 4.45. The maximum absolute atomic E-state index is 13.0. The van der Waals surface area contributed by atoms with Crippen molar-refractivity contribution in [2.24, 2.45) is 0 Å². The largest absolute Gasteiger partial charge is 0.435 e. The molecule has 112 valence electrons. The molecule has 2 aliphatic rings. The van der Waals surface area contributed by atoms with Gasteiger partial charge in [-0.2, -0.15) is 18.3 Å². The highest BCUT2D eigenvalue weighted by molar-refractivity contribution is 7.91. The van der Waals surface area contributed by atoms with Crippen LogP contribution >= 0.6 is 0 Å². The lowest BCUT2D eigenvalue weighted by atomic mass is 10.1. The van der Waals surface area contributed by atoms with Crippen LogP contribution in [0.1, 0.15) is 29.4 Å². The minimum absolute atomic E-state index is 0.0197. The van der Waals surface area contributed by atoms with E-state index in [4.69, 9.17) is 0 Å². The van der Waals surface area contributed by atoms with E-state index in [2.05, 4.69) is 10.4 Å². The first-order chi connectivity index (χ1) is 9.28. The lowest BCUT2D eigenvalue weighted by molar-refractivity contribution is -0.142. The Morgan fingerprint density at radius 2 is 2.10 bits per heavy atom. The number of rotatable bonds is 1. The number of aromatic nitrogens is 2. The third-order valence-corrected chi connectivity index (χ3v) is 5.53. The number of alkyl halides is 3. The summed E-state index contributed by atoms with van der Waals surface area (Å²) in [7, 11) is -3.15. The van der Waals surface area contributed by atoms with Crippen LogP contribution in [0.2, 0.25) is 0 Å². The molecule has 0 saturated carbocycles. The Balaban J connectivity index is 2.06. The van der Waals surface area contributed by atoms with Crippen molar-refractivity contribution in [1.29, 1.82) is 0 Å². The van der Waals surface area contributed by atoms with Crippen LogP contribution in [0, 0.1) is 0 Å². The van der Waals surface area contributed by atoms with Crippen LogP contribution in [0.3, 0.4) is 0 Å². The minimum Gasteiger partial charge on any atom is -0.312 e. The Bertz CT molecular complexity index is 636. The van der Waals surface area contributed by atoms with Gasteiger partial charge in [-0.05, 0) is 6.42 Å². The standard InChI is InChI=1S/C11H14F3N3O2S/c12-11(13,14)10-8-5-15-3-1-9(8)17(16-10)7-2-4-20(18,19)6-7/h7,15H,1-6H2. The molecule has 1 atom stereocenters. The molecule has 1 saturated heterocycles. The van der Waals surface area contributed by atoms with Crippen LogP contribution in [0.25, 0.3) is 0 Å². The molecule has 5 nitrogen and oxygen atoms in total. The molecule has 0 bridgehead atoms. The molecule has 1 fully saturated rings. The molecule has 1 N–H and O–H groups in total. The van der Waals surface area contributed by atoms with E-state index in [9.17, 15) is 21.6 Å². The van der Waals surface area contributed by atoms with Crippen LogP contribution in [-0.4, -0.2) is 36.2 Å². The van der Waals surface area contributed by atoms with Gasteiger partial charge in [0.25, 0.3) is 0 Å². The van der Waals surface area contributed by atoms with Crippen molar-refractivity contribution in [3.8, 4) is 0 Å². The number of halogens is 3. The zero-order valence-electron chi connectivity index (χ0n) is 10.6. The first-order valence-electron chi connectivity index (χ1n) is 6.36. The summed E-state index contributed by atoms with van der Waals surface area (Å²) in [6.45, 7) is 0.707. The highest BCUT2D eigenvalue weighted by Crippen LogP contribution is 2.36. The minimum atomic E-state index is -4.51. The molecule has 1 unspecified atom stereocenters. The molecule has 20 heavy (non-hydrogen) atoms. The van der Waals surface area contributed by atoms with E-state index in [0.29, 0.717) is 25.1 Å². The maximum Gasteiger partial charge on any atom is 0.435 e. The van der Waals surface area contributed by atoms with Crippen LogP contribution in [0.15, 0.2) is 0 Å². The van der Waals surface area contributed by atoms with Gasteiger partial charge in [0, 0.05) is 30.8 Å². The monoisotopic (exact) mass is 309 g/mol. The Morgan fingerprint density at radius 3 is 2.70 bits per heavy atom. The van der Waals surface area contributed by atoms with Crippen molar-refractivity contribution in [3.63, 3.8) is 0 Å². The van der Waals surface area contributed by atoms with E-state index in [0.717, 1.165) is 0 Å². The fourth-order valence-electron chi connectivity index (χ4n) is 2.87. The van der Waals surface area contributed by atoms with Crippen LogP contribution in [0.5, 0.6) is 0 Å². The topological polar surface area (TPSA) is 64.0 Å². The zero-order valence-corrected chi connectivity index (χ0v) is 11.4. The predicted octanol–water partition coefficient (Wildman–Crippen LogP) is 0.907. The van der Waals surface area contributed by atoms with Gasteiger partial charge in [-0.3, -0.25) is 4.68 Å². The Kier molecular flexibility index (Phi) is 3.09. The van der Waals surface area contributed by atoms with Crippen LogP contribution in [-0.2, 0) is 29.0 Å². The quantitative estimate of drug-likeness (QED) is 0.837. The van der Waals surface area contributed by atoms with Gasteiger partial charge >= 0.3 is 6.18 Å². The number of hydrogen-bond acceptors (Lipinski definition) is 4. The molecule has 9 heteroatoms. The van der Waals surface area contributed by atoms with Crippen molar-refractivity contribution in [3.05, 3.63) is 17.0 Å². The number of nitrogens with zero attached hydrogens (tertiary/aromatic N) is 2. The molecule has 1 aromatic rings. The first kappa shape index (κ1) is 13.9. The molecule has 0 spiro atoms. The van der Waals surface area contributed by atoms with Gasteiger partial charge in [0.15, 0.2) is 15.5 Å². The third kappa shape index (κ3) is 2.32. The molecular weight excluding hydrogens is 295 g/mol. The van der Waals surface area contributed by atoms with Gasteiger partial charge in [0.1, 0.15) is 0 Å². The van der Waals surface area contributed by atoms with Crippen molar-refractivity contribution in [2.45, 2.75) is 31.6 Å². The highest BCUT2D eigenvalue weighted by Gasteiger charge is 2.41. The fourth-order valence-corrected chi connectivity index (χ4v) is 4.56. The van der Waals surface area contributed by atoms with Gasteiger partial charge in [-0.1, -0.05) is 0 Å². The van der Waals surface area contributed by atoms with E-state index in [1.54, 1.807) is 0 Å². The van der Waals surface area contributed by atoms with E-state index in [1.807, 2.05) is 0 Å². The van der Waals surface area contributed by atoms with Gasteiger partial charge in [0.05, 0.1) is 17.5 Å². The normalized spacial score (nSPS) is 25.6. The number of hydrogen-bond donors (Lipinski definition) is 1. The van der Waals surface area contributed by atoms with Crippen molar-refractivity contribution in [1.82, 2.24) is 15.1 Å². The van der Waals surface area contributed by atoms with Crippen molar-refractivity contribution < 1.29 is 21.6 Å². The lowest BCUT2D eigenvalue weighted by Gasteiger charge is -2.18. The molecule has 3 rings (SSSR count). The Hall–Kier alpha value is -1.09. The summed E-state index contributed by atoms with van der Waals surface area (Å²) in [5, 5.41) is 6.60. The fraction of sp³-hybridized carbons (Fsp3) is 0.727. The molecule has 0 aliphatic carbocycles. The summed E-state index contributed by atoms with van der Waals surface area (Å²) in [4.78, 5) is 0. The Morgan fingerprint density at radius 1 is 1.35 bits per heavy atom. The first-order valence-corrected chi connectivity index (χ1v) is 8.19. The second-order valence-electron chi connectivity index (χ2n) is 5.20. The SMILES string of the molecule is O=S1(=O)CCC(n2nc(C(F)(F)F)c3c2CCNC3)C1. The van der Waals surface area contributed by atoms with E-state index in [1.165, 1.54) is 4.68 Å². The number of sulfone groups is 1. The molecule has 0 radical (unpaired) electrons. The van der Waals surface area contributed by atoms with E-state index in [-0.39, 0.29) is 23.6 Å². The summed E-state index contributed by atoms with van der Waals surface area (Å²) in [6.07, 6.45) is -3.73. The summed E-state index contributed by atoms with van der Waals surface area (Å²) in [6, 6.07) is -0.469. The van der Waals surface area contributed by atoms with Gasteiger partial charge in [-0.15, -0.1) is 0 Å². The Labute approximate surface area is 114 Å². The summed E-state index contributed by atoms with van der Waals surface area (Å²) in [5.74, 6) is -0.0995. The molecule has 3 heterocycles. The number of nitrogens with one attached hydrogen (secondary N) is 1. The summed E-state index contributed by atoms with van der Waals surface area (Å²) in [5.41, 5.74) is -0.199. The van der Waals surface area contributed by atoms with Crippen molar-refractivity contribution >= 4 is 9.84 Å². The average Bonchev–Trinajstić information content (AvgIpc) is 2.88. The van der Waals surface area contributed by atoms with Crippen molar-refractivity contribution in [2.75, 3.05) is 18.1 Å². The molecular formula is C11H14F3N3O2S. The second-order valence-corrected chi connectivity index (χ2v) is 7.43. The third-order valence-electron chi connectivity index (χ3n) is 3.78. The zero-order chi connectivity index (χ0) is 14.5.